The maximum atomic E-state index is 14.4. The van der Waals surface area contributed by atoms with Crippen LogP contribution in [0.4, 0.5) is 5.69 Å². The standard InChI is InChI=1S/C32H43N3O4S/c1-19-10-8-15-24(20(19)2)34-30(37)28-32-17-16-25(39-32)26(29(36)33-21-11-9-14-23(18-21)40-3)27(32)31(38)35(28)22-12-6-4-5-7-13-22/h9,11,14,16-20,22,24-28H,4-8,10,12-13,15H2,1-3H3,(H,33,36)(H,34,37)/t19?,20?,24?,25-,26?,27-,28?,32?/m1/s1. The minimum atomic E-state index is -1.11. The zero-order chi connectivity index (χ0) is 28.0. The summed E-state index contributed by atoms with van der Waals surface area (Å²) in [6.45, 7) is 4.49. The Balaban J connectivity index is 1.32. The molecule has 1 aromatic carbocycles. The fourth-order valence-corrected chi connectivity index (χ4v) is 8.57. The van der Waals surface area contributed by atoms with Crippen molar-refractivity contribution in [3.05, 3.63) is 36.4 Å². The van der Waals surface area contributed by atoms with Gasteiger partial charge in [0.05, 0.1) is 17.9 Å². The summed E-state index contributed by atoms with van der Waals surface area (Å²) in [5.41, 5.74) is -0.399. The quantitative estimate of drug-likeness (QED) is 0.283. The zero-order valence-electron chi connectivity index (χ0n) is 23.9. The number of nitrogens with one attached hydrogen (secondary N) is 2. The summed E-state index contributed by atoms with van der Waals surface area (Å²) in [4.78, 5) is 45.4. The van der Waals surface area contributed by atoms with E-state index in [9.17, 15) is 14.4 Å². The Morgan fingerprint density at radius 1 is 1.02 bits per heavy atom. The van der Waals surface area contributed by atoms with Crippen molar-refractivity contribution in [3.8, 4) is 0 Å². The summed E-state index contributed by atoms with van der Waals surface area (Å²) in [7, 11) is 0. The van der Waals surface area contributed by atoms with Crippen molar-refractivity contribution in [2.45, 2.75) is 106 Å². The van der Waals surface area contributed by atoms with Crippen LogP contribution in [-0.4, -0.2) is 58.7 Å². The highest BCUT2D eigenvalue weighted by Gasteiger charge is 2.73. The monoisotopic (exact) mass is 565 g/mol. The van der Waals surface area contributed by atoms with Gasteiger partial charge in [-0.1, -0.05) is 70.6 Å². The number of benzene rings is 1. The normalized spacial score (nSPS) is 37.3. The third kappa shape index (κ3) is 4.69. The summed E-state index contributed by atoms with van der Waals surface area (Å²) >= 11 is 1.61. The van der Waals surface area contributed by atoms with Gasteiger partial charge in [-0.05, 0) is 55.6 Å². The zero-order valence-corrected chi connectivity index (χ0v) is 24.8. The van der Waals surface area contributed by atoms with Gasteiger partial charge in [0, 0.05) is 22.7 Å². The molecule has 3 heterocycles. The molecule has 1 aromatic rings. The van der Waals surface area contributed by atoms with E-state index in [1.54, 1.807) is 11.8 Å². The van der Waals surface area contributed by atoms with E-state index >= 15 is 0 Å². The van der Waals surface area contributed by atoms with Crippen LogP contribution >= 0.6 is 11.8 Å². The maximum Gasteiger partial charge on any atom is 0.246 e. The highest BCUT2D eigenvalue weighted by Crippen LogP contribution is 2.56. The number of carbonyl (C=O) groups excluding carboxylic acids is 3. The summed E-state index contributed by atoms with van der Waals surface area (Å²) in [6, 6.07) is 7.06. The van der Waals surface area contributed by atoms with Crippen LogP contribution in [0.2, 0.25) is 0 Å². The fourth-order valence-electron chi connectivity index (χ4n) is 8.11. The maximum absolute atomic E-state index is 14.4. The van der Waals surface area contributed by atoms with Crippen LogP contribution in [-0.2, 0) is 19.1 Å². The summed E-state index contributed by atoms with van der Waals surface area (Å²) in [6.07, 6.45) is 14.7. The molecule has 3 aliphatic heterocycles. The summed E-state index contributed by atoms with van der Waals surface area (Å²) in [5, 5.41) is 6.44. The van der Waals surface area contributed by atoms with Crippen LogP contribution in [0.3, 0.4) is 0 Å². The van der Waals surface area contributed by atoms with Crippen molar-refractivity contribution in [3.63, 3.8) is 0 Å². The Hall–Kier alpha value is -2.32. The first-order chi connectivity index (χ1) is 19.3. The number of anilines is 1. The third-order valence-corrected chi connectivity index (χ3v) is 11.2. The molecular formula is C32H43N3O4S. The van der Waals surface area contributed by atoms with Crippen LogP contribution in [0.1, 0.15) is 71.6 Å². The number of ether oxygens (including phenoxy) is 1. The average Bonchev–Trinajstić information content (AvgIpc) is 3.50. The lowest BCUT2D eigenvalue weighted by Gasteiger charge is -2.40. The SMILES string of the molecule is CSc1cccc(NC(=O)C2[C@H]3C=CC4(O3)C(C(=O)NC3CCCC(C)C3C)N(C3CCCCCC3)C(=O)[C@@H]24)c1. The Bertz CT molecular complexity index is 1180. The Morgan fingerprint density at radius 2 is 1.80 bits per heavy atom. The number of amides is 3. The van der Waals surface area contributed by atoms with E-state index in [1.165, 1.54) is 6.42 Å². The van der Waals surface area contributed by atoms with Gasteiger partial charge in [0.15, 0.2) is 0 Å². The van der Waals surface area contributed by atoms with Gasteiger partial charge in [-0.15, -0.1) is 11.8 Å². The second kappa shape index (κ2) is 11.2. The number of hydrogen-bond acceptors (Lipinski definition) is 5. The first-order valence-electron chi connectivity index (χ1n) is 15.3. The van der Waals surface area contributed by atoms with Crippen molar-refractivity contribution in [2.24, 2.45) is 23.7 Å². The van der Waals surface area contributed by atoms with Crippen LogP contribution in [0, 0.1) is 23.7 Å². The molecule has 2 saturated carbocycles. The number of carbonyl (C=O) groups is 3. The molecule has 8 atom stereocenters. The van der Waals surface area contributed by atoms with Gasteiger partial charge in [-0.3, -0.25) is 14.4 Å². The van der Waals surface area contributed by atoms with Gasteiger partial charge in [0.2, 0.25) is 17.7 Å². The molecule has 216 valence electrons. The van der Waals surface area contributed by atoms with Gasteiger partial charge in [0.25, 0.3) is 0 Å². The van der Waals surface area contributed by atoms with Crippen molar-refractivity contribution >= 4 is 35.2 Å². The summed E-state index contributed by atoms with van der Waals surface area (Å²) in [5.74, 6) is -0.884. The van der Waals surface area contributed by atoms with Crippen molar-refractivity contribution in [1.82, 2.24) is 10.2 Å². The molecule has 6 unspecified atom stereocenters. The van der Waals surface area contributed by atoms with E-state index in [1.807, 2.05) is 47.6 Å². The van der Waals surface area contributed by atoms with Gasteiger partial charge < -0.3 is 20.3 Å². The molecule has 0 aromatic heterocycles. The van der Waals surface area contributed by atoms with Crippen LogP contribution in [0.5, 0.6) is 0 Å². The van der Waals surface area contributed by atoms with Gasteiger partial charge in [0.1, 0.15) is 11.6 Å². The number of likely N-dealkylation sites (tertiary alicyclic amines) is 1. The summed E-state index contributed by atoms with van der Waals surface area (Å²) < 4.78 is 6.59. The highest BCUT2D eigenvalue weighted by molar-refractivity contribution is 7.98. The number of thioether (sulfide) groups is 1. The van der Waals surface area contributed by atoms with Gasteiger partial charge in [-0.2, -0.15) is 0 Å². The smallest absolute Gasteiger partial charge is 0.246 e. The molecule has 3 amide bonds. The van der Waals surface area contributed by atoms with Gasteiger partial charge in [-0.25, -0.2) is 0 Å². The molecule has 4 fully saturated rings. The van der Waals surface area contributed by atoms with E-state index in [0.717, 1.165) is 56.3 Å². The van der Waals surface area contributed by atoms with E-state index in [-0.39, 0.29) is 29.8 Å². The fraction of sp³-hybridized carbons (Fsp3) is 0.656. The molecule has 2 bridgehead atoms. The van der Waals surface area contributed by atoms with Crippen LogP contribution in [0.25, 0.3) is 0 Å². The second-order valence-corrected chi connectivity index (χ2v) is 13.6. The van der Waals surface area contributed by atoms with Crippen LogP contribution in [0.15, 0.2) is 41.3 Å². The van der Waals surface area contributed by atoms with Crippen molar-refractivity contribution in [1.29, 1.82) is 0 Å². The average molecular weight is 566 g/mol. The molecule has 1 spiro atoms. The van der Waals surface area contributed by atoms with Crippen molar-refractivity contribution < 1.29 is 19.1 Å². The Morgan fingerprint density at radius 3 is 2.55 bits per heavy atom. The molecule has 5 aliphatic rings. The number of fused-ring (bicyclic) bond motifs is 1. The van der Waals surface area contributed by atoms with Crippen LogP contribution < -0.4 is 10.6 Å². The minimum absolute atomic E-state index is 0.00792. The molecule has 2 aliphatic carbocycles. The molecule has 40 heavy (non-hydrogen) atoms. The topological polar surface area (TPSA) is 87.7 Å². The molecule has 2 saturated heterocycles. The van der Waals surface area contributed by atoms with E-state index in [2.05, 4.69) is 24.5 Å². The number of rotatable bonds is 6. The first-order valence-corrected chi connectivity index (χ1v) is 16.5. The highest BCUT2D eigenvalue weighted by atomic mass is 32.2. The molecular weight excluding hydrogens is 522 g/mol. The van der Waals surface area contributed by atoms with E-state index in [4.69, 9.17) is 4.74 Å². The van der Waals surface area contributed by atoms with Crippen molar-refractivity contribution in [2.75, 3.05) is 11.6 Å². The van der Waals surface area contributed by atoms with E-state index < -0.39 is 29.6 Å². The predicted molar refractivity (Wildman–Crippen MR) is 157 cm³/mol. The third-order valence-electron chi connectivity index (χ3n) is 10.5. The molecule has 8 heteroatoms. The molecule has 2 N–H and O–H groups in total. The number of hydrogen-bond donors (Lipinski definition) is 2. The molecule has 7 nitrogen and oxygen atoms in total. The largest absolute Gasteiger partial charge is 0.359 e. The molecule has 6 rings (SSSR count). The lowest BCUT2D eigenvalue weighted by Crippen LogP contribution is -2.59. The second-order valence-electron chi connectivity index (χ2n) is 12.7. The lowest BCUT2D eigenvalue weighted by atomic mass is 9.73. The van der Waals surface area contributed by atoms with E-state index in [0.29, 0.717) is 17.5 Å². The minimum Gasteiger partial charge on any atom is -0.359 e. The Kier molecular flexibility index (Phi) is 7.77. The number of nitrogens with zero attached hydrogens (tertiary/aromatic N) is 1. The van der Waals surface area contributed by atoms with Gasteiger partial charge >= 0.3 is 0 Å². The Labute approximate surface area is 242 Å². The first kappa shape index (κ1) is 27.8. The molecule has 0 radical (unpaired) electrons. The predicted octanol–water partition coefficient (Wildman–Crippen LogP) is 5.16. The lowest BCUT2D eigenvalue weighted by molar-refractivity contribution is -0.144.